The smallest absolute Gasteiger partial charge is 0.303 e. The summed E-state index contributed by atoms with van der Waals surface area (Å²) in [4.78, 5) is 2.36. The molecule has 2 saturated heterocycles. The molecule has 0 radical (unpaired) electrons. The molecule has 3 rings (SSSR count). The number of hydrogen-bond acceptors (Lipinski definition) is 3. The summed E-state index contributed by atoms with van der Waals surface area (Å²) in [6.45, 7) is 5.60. The van der Waals surface area contributed by atoms with Gasteiger partial charge in [0.15, 0.2) is 0 Å². The van der Waals surface area contributed by atoms with Crippen molar-refractivity contribution in [1.29, 1.82) is 0 Å². The Balaban J connectivity index is 0.00000161. The van der Waals surface area contributed by atoms with Crippen molar-refractivity contribution in [2.45, 2.75) is 25.3 Å². The molecular formula is C14H20KN3O2S. The molecule has 2 heterocycles. The Kier molecular flexibility index (Phi) is 5.93. The van der Waals surface area contributed by atoms with Crippen LogP contribution in [-0.4, -0.2) is 45.0 Å². The van der Waals surface area contributed by atoms with E-state index < -0.39 is 10.2 Å². The van der Waals surface area contributed by atoms with Gasteiger partial charge in [0.2, 0.25) is 0 Å². The average molecular weight is 333 g/mol. The SMILES string of the molecule is CCN1CCC2(CC1)CN(c1cc[c-]cc1)S(=O)(=O)N2.[K+]. The van der Waals surface area contributed by atoms with Gasteiger partial charge in [-0.05, 0) is 32.5 Å². The fourth-order valence-electron chi connectivity index (χ4n) is 3.05. The Morgan fingerprint density at radius 2 is 1.90 bits per heavy atom. The van der Waals surface area contributed by atoms with E-state index in [0.29, 0.717) is 12.2 Å². The number of anilines is 1. The summed E-state index contributed by atoms with van der Waals surface area (Å²) >= 11 is 0. The molecule has 0 aliphatic carbocycles. The van der Waals surface area contributed by atoms with Crippen molar-refractivity contribution in [2.24, 2.45) is 0 Å². The van der Waals surface area contributed by atoms with Crippen molar-refractivity contribution in [3.8, 4) is 0 Å². The molecule has 0 bridgehead atoms. The predicted molar refractivity (Wildman–Crippen MR) is 78.8 cm³/mol. The third kappa shape index (κ3) is 3.72. The Labute approximate surface area is 169 Å². The van der Waals surface area contributed by atoms with E-state index in [-0.39, 0.29) is 56.9 Å². The van der Waals surface area contributed by atoms with Crippen LogP contribution >= 0.6 is 0 Å². The summed E-state index contributed by atoms with van der Waals surface area (Å²) in [5.41, 5.74) is 0.412. The van der Waals surface area contributed by atoms with Crippen molar-refractivity contribution in [3.63, 3.8) is 0 Å². The van der Waals surface area contributed by atoms with Crippen LogP contribution in [0.2, 0.25) is 0 Å². The molecule has 2 fully saturated rings. The van der Waals surface area contributed by atoms with Gasteiger partial charge in [0.25, 0.3) is 10.2 Å². The van der Waals surface area contributed by atoms with Gasteiger partial charge >= 0.3 is 51.4 Å². The summed E-state index contributed by atoms with van der Waals surface area (Å²) in [5.74, 6) is 0. The van der Waals surface area contributed by atoms with Gasteiger partial charge in [0.1, 0.15) is 0 Å². The zero-order chi connectivity index (χ0) is 14.2. The van der Waals surface area contributed by atoms with Crippen LogP contribution in [0.25, 0.3) is 0 Å². The Hall–Kier alpha value is 0.526. The summed E-state index contributed by atoms with van der Waals surface area (Å²) in [5, 5.41) is 0. The van der Waals surface area contributed by atoms with E-state index in [9.17, 15) is 8.42 Å². The van der Waals surface area contributed by atoms with Crippen LogP contribution < -0.4 is 60.4 Å². The van der Waals surface area contributed by atoms with E-state index >= 15 is 0 Å². The van der Waals surface area contributed by atoms with Gasteiger partial charge in [0.05, 0.1) is 12.1 Å². The van der Waals surface area contributed by atoms with Crippen LogP contribution in [0.1, 0.15) is 19.8 Å². The van der Waals surface area contributed by atoms with Gasteiger partial charge < -0.3 is 4.90 Å². The number of piperidine rings is 1. The normalized spacial score (nSPS) is 24.0. The molecule has 110 valence electrons. The molecular weight excluding hydrogens is 313 g/mol. The zero-order valence-electron chi connectivity index (χ0n) is 12.7. The van der Waals surface area contributed by atoms with E-state index in [0.717, 1.165) is 32.5 Å². The molecule has 21 heavy (non-hydrogen) atoms. The second-order valence-electron chi connectivity index (χ2n) is 5.59. The molecule has 1 N–H and O–H groups in total. The van der Waals surface area contributed by atoms with E-state index in [4.69, 9.17) is 0 Å². The van der Waals surface area contributed by atoms with E-state index in [1.54, 1.807) is 24.3 Å². The summed E-state index contributed by atoms with van der Waals surface area (Å²) in [7, 11) is -3.42. The minimum Gasteiger partial charge on any atom is -0.303 e. The monoisotopic (exact) mass is 333 g/mol. The van der Waals surface area contributed by atoms with E-state index in [1.807, 2.05) is 0 Å². The molecule has 2 aliphatic heterocycles. The number of hydrogen-bond donors (Lipinski definition) is 1. The van der Waals surface area contributed by atoms with Crippen LogP contribution in [0.5, 0.6) is 0 Å². The Bertz CT molecular complexity index is 571. The standard InChI is InChI=1S/C14H20N3O2S.K/c1-2-16-10-8-14(9-11-16)12-17(20(18,19)15-14)13-6-4-3-5-7-13;/h4-7,15H,2,8-12H2,1H3;/q-1;+1. The van der Waals surface area contributed by atoms with Crippen LogP contribution in [-0.2, 0) is 10.2 Å². The van der Waals surface area contributed by atoms with Crippen LogP contribution in [0.3, 0.4) is 0 Å². The second kappa shape index (κ2) is 6.96. The van der Waals surface area contributed by atoms with Gasteiger partial charge in [-0.2, -0.15) is 31.3 Å². The molecule has 1 aromatic carbocycles. The van der Waals surface area contributed by atoms with Gasteiger partial charge in [0, 0.05) is 0 Å². The van der Waals surface area contributed by atoms with E-state index in [1.165, 1.54) is 4.31 Å². The Morgan fingerprint density at radius 1 is 1.29 bits per heavy atom. The molecule has 0 unspecified atom stereocenters. The van der Waals surface area contributed by atoms with E-state index in [2.05, 4.69) is 22.6 Å². The molecule has 1 spiro atoms. The fourth-order valence-corrected chi connectivity index (χ4v) is 4.80. The molecule has 0 saturated carbocycles. The number of nitrogens with one attached hydrogen (secondary N) is 1. The van der Waals surface area contributed by atoms with Crippen molar-refractivity contribution >= 4 is 15.9 Å². The number of rotatable bonds is 2. The first kappa shape index (κ1) is 17.9. The van der Waals surface area contributed by atoms with Crippen molar-refractivity contribution in [3.05, 3.63) is 30.3 Å². The third-order valence-corrected chi connectivity index (χ3v) is 5.94. The molecule has 7 heteroatoms. The van der Waals surface area contributed by atoms with Gasteiger partial charge in [-0.3, -0.25) is 4.31 Å². The van der Waals surface area contributed by atoms with Gasteiger partial charge in [-0.15, -0.1) is 12.1 Å². The molecule has 0 aromatic heterocycles. The maximum Gasteiger partial charge on any atom is 1.00 e. The van der Waals surface area contributed by atoms with Crippen LogP contribution in [0.4, 0.5) is 5.69 Å². The number of benzene rings is 1. The molecule has 0 atom stereocenters. The first-order valence-corrected chi connectivity index (χ1v) is 8.49. The fraction of sp³-hybridized carbons (Fsp3) is 0.571. The van der Waals surface area contributed by atoms with Crippen LogP contribution in [0, 0.1) is 6.07 Å². The topological polar surface area (TPSA) is 52.7 Å². The van der Waals surface area contributed by atoms with Crippen molar-refractivity contribution in [2.75, 3.05) is 30.5 Å². The minimum atomic E-state index is -3.42. The summed E-state index contributed by atoms with van der Waals surface area (Å²) < 4.78 is 29.1. The summed E-state index contributed by atoms with van der Waals surface area (Å²) in [6.07, 6.45) is 1.74. The van der Waals surface area contributed by atoms with Gasteiger partial charge in [-0.1, -0.05) is 12.6 Å². The average Bonchev–Trinajstić information content (AvgIpc) is 2.72. The first-order valence-electron chi connectivity index (χ1n) is 7.05. The van der Waals surface area contributed by atoms with Crippen molar-refractivity contribution < 1.29 is 59.8 Å². The quantitative estimate of drug-likeness (QED) is 0.503. The first-order chi connectivity index (χ1) is 9.55. The largest absolute Gasteiger partial charge is 1.00 e. The third-order valence-electron chi connectivity index (χ3n) is 4.33. The molecule has 1 aromatic rings. The maximum absolute atomic E-state index is 12.4. The number of nitrogens with zero attached hydrogens (tertiary/aromatic N) is 2. The number of likely N-dealkylation sites (tertiary alicyclic amines) is 1. The Morgan fingerprint density at radius 3 is 2.48 bits per heavy atom. The second-order valence-corrected chi connectivity index (χ2v) is 7.18. The maximum atomic E-state index is 12.4. The van der Waals surface area contributed by atoms with Crippen LogP contribution in [0.15, 0.2) is 24.3 Å². The summed E-state index contributed by atoms with van der Waals surface area (Å²) in [6, 6.07) is 9.99. The predicted octanol–water partition coefficient (Wildman–Crippen LogP) is -2.00. The minimum absolute atomic E-state index is 0. The molecule has 2 aliphatic rings. The van der Waals surface area contributed by atoms with Gasteiger partial charge in [-0.25, -0.2) is 0 Å². The molecule has 5 nitrogen and oxygen atoms in total. The zero-order valence-corrected chi connectivity index (χ0v) is 16.6. The van der Waals surface area contributed by atoms with Crippen molar-refractivity contribution in [1.82, 2.24) is 9.62 Å². The molecule has 0 amide bonds.